The number of benzene rings is 1. The lowest BCUT2D eigenvalue weighted by Gasteiger charge is -2.49. The number of amides is 2. The zero-order valence-corrected chi connectivity index (χ0v) is 21.0. The molecule has 4 heterocycles. The van der Waals surface area contributed by atoms with Crippen molar-refractivity contribution in [2.45, 2.75) is 15.8 Å². The predicted octanol–water partition coefficient (Wildman–Crippen LogP) is 1.57. The number of carboxylic acid groups (broad SMARTS) is 1. The van der Waals surface area contributed by atoms with Crippen LogP contribution in [0.25, 0.3) is 10.2 Å². The van der Waals surface area contributed by atoms with E-state index in [2.05, 4.69) is 24.8 Å². The number of aliphatic carboxylic acids is 1. The van der Waals surface area contributed by atoms with Gasteiger partial charge in [0, 0.05) is 22.2 Å². The van der Waals surface area contributed by atoms with E-state index in [0.29, 0.717) is 15.0 Å². The van der Waals surface area contributed by atoms with E-state index in [1.54, 1.807) is 0 Å². The van der Waals surface area contributed by atoms with E-state index in [0.717, 1.165) is 21.7 Å². The normalized spacial score (nSPS) is 20.0. The third-order valence-electron chi connectivity index (χ3n) is 4.96. The summed E-state index contributed by atoms with van der Waals surface area (Å²) in [6, 6.07) is 6.67. The summed E-state index contributed by atoms with van der Waals surface area (Å²) < 4.78 is 5.62. The Morgan fingerprint density at radius 3 is 2.83 bits per heavy atom. The maximum Gasteiger partial charge on any atom is 0.353 e. The average molecular weight is 550 g/mol. The number of β-lactam (4-membered cyclic amide) rings is 1. The lowest BCUT2D eigenvalue weighted by atomic mass is 10.0. The van der Waals surface area contributed by atoms with Gasteiger partial charge in [0.05, 0.1) is 10.2 Å². The van der Waals surface area contributed by atoms with Crippen LogP contribution in [0.3, 0.4) is 0 Å². The molecule has 2 aliphatic heterocycles. The highest BCUT2D eigenvalue weighted by Crippen LogP contribution is 2.46. The molecule has 3 aromatic rings. The number of hydrogen-bond acceptors (Lipinski definition) is 13. The third kappa shape index (κ3) is 4.33. The lowest BCUT2D eigenvalue weighted by Crippen LogP contribution is -2.71. The predicted molar refractivity (Wildman–Crippen MR) is 133 cm³/mol. The van der Waals surface area contributed by atoms with Gasteiger partial charge in [-0.3, -0.25) is 14.5 Å². The number of thioether (sulfide) groups is 2. The highest BCUT2D eigenvalue weighted by Gasteiger charge is 2.54. The van der Waals surface area contributed by atoms with Crippen molar-refractivity contribution in [2.75, 3.05) is 18.6 Å². The fourth-order valence-electron chi connectivity index (χ4n) is 3.49. The molecule has 16 heteroatoms. The lowest BCUT2D eigenvalue weighted by molar-refractivity contribution is -0.150. The Bertz CT molecular complexity index is 1380. The van der Waals surface area contributed by atoms with Crippen molar-refractivity contribution >= 4 is 85.2 Å². The van der Waals surface area contributed by atoms with Gasteiger partial charge in [0.15, 0.2) is 9.47 Å². The van der Waals surface area contributed by atoms with Gasteiger partial charge in [-0.1, -0.05) is 29.1 Å². The largest absolute Gasteiger partial charge is 0.477 e. The first kappa shape index (κ1) is 23.5. The Labute approximate surface area is 213 Å². The molecule has 0 aliphatic carbocycles. The number of nitrogens with two attached hydrogens (primary N) is 1. The van der Waals surface area contributed by atoms with Gasteiger partial charge in [-0.05, 0) is 12.1 Å². The number of carboxylic acids is 1. The maximum atomic E-state index is 13.0. The molecule has 2 atom stereocenters. The minimum Gasteiger partial charge on any atom is -0.477 e. The van der Waals surface area contributed by atoms with E-state index in [4.69, 9.17) is 10.6 Å². The van der Waals surface area contributed by atoms with Gasteiger partial charge < -0.3 is 21.0 Å². The molecular weight excluding hydrogens is 535 g/mol. The van der Waals surface area contributed by atoms with Crippen LogP contribution < -0.4 is 11.1 Å². The first-order valence-electron chi connectivity index (χ1n) is 9.83. The fraction of sp³-hybridized carbons (Fsp3) is 0.211. The summed E-state index contributed by atoms with van der Waals surface area (Å²) in [5, 5.41) is 15.7. The summed E-state index contributed by atoms with van der Waals surface area (Å²) >= 11 is 4.92. The smallest absolute Gasteiger partial charge is 0.353 e. The molecule has 0 radical (unpaired) electrons. The van der Waals surface area contributed by atoms with Gasteiger partial charge in [-0.25, -0.2) is 9.78 Å². The molecule has 1 aromatic carbocycles. The van der Waals surface area contributed by atoms with Crippen molar-refractivity contribution in [3.8, 4) is 0 Å². The van der Waals surface area contributed by atoms with E-state index in [1.165, 1.54) is 46.9 Å². The molecule has 35 heavy (non-hydrogen) atoms. The van der Waals surface area contributed by atoms with Gasteiger partial charge in [0.1, 0.15) is 24.2 Å². The summed E-state index contributed by atoms with van der Waals surface area (Å²) in [5.41, 5.74) is 6.06. The van der Waals surface area contributed by atoms with E-state index < -0.39 is 29.2 Å². The minimum atomic E-state index is -1.22. The van der Waals surface area contributed by atoms with E-state index in [-0.39, 0.29) is 22.4 Å². The van der Waals surface area contributed by atoms with Gasteiger partial charge in [0.2, 0.25) is 11.5 Å². The van der Waals surface area contributed by atoms with Crippen LogP contribution in [0, 0.1) is 0 Å². The summed E-state index contributed by atoms with van der Waals surface area (Å²) in [4.78, 5) is 52.8. The van der Waals surface area contributed by atoms with E-state index >= 15 is 0 Å². The number of nitrogen functional groups attached to an aromatic ring is 1. The Hall–Kier alpha value is -3.21. The van der Waals surface area contributed by atoms with Gasteiger partial charge in [-0.15, -0.1) is 23.1 Å². The zero-order valence-electron chi connectivity index (χ0n) is 17.7. The standard InChI is InChI=1S/C19H15N7O5S4/c1-31-24-10(13-23-18(20)35-25-13)14(27)22-11-15(28)26-12(17(29)30)9(6-32-16(11)26)34-19-21-7-4-2-3-5-8(7)33-19/h2-5,11,16H,6H2,1H3,(H,22,27)(H,29,30)(H2,20,23,25)/b24-10+. The third-order valence-corrected chi connectivity index (χ3v) is 9.14. The number of aromatic nitrogens is 3. The maximum absolute atomic E-state index is 13.0. The number of para-hydroxylation sites is 1. The van der Waals surface area contributed by atoms with Crippen molar-refractivity contribution in [2.24, 2.45) is 5.16 Å². The molecule has 0 saturated carbocycles. The molecule has 0 bridgehead atoms. The first-order chi connectivity index (χ1) is 16.9. The number of anilines is 1. The number of thiazole rings is 1. The summed E-state index contributed by atoms with van der Waals surface area (Å²) in [5.74, 6) is -2.20. The Morgan fingerprint density at radius 2 is 2.14 bits per heavy atom. The molecule has 0 spiro atoms. The summed E-state index contributed by atoms with van der Waals surface area (Å²) in [6.07, 6.45) is 0. The van der Waals surface area contributed by atoms with Gasteiger partial charge in [0.25, 0.3) is 11.8 Å². The van der Waals surface area contributed by atoms with Gasteiger partial charge in [-0.2, -0.15) is 9.36 Å². The van der Waals surface area contributed by atoms with E-state index in [1.807, 2.05) is 24.3 Å². The molecule has 1 saturated heterocycles. The number of fused-ring (bicyclic) bond motifs is 2. The van der Waals surface area contributed by atoms with Crippen molar-refractivity contribution in [3.63, 3.8) is 0 Å². The number of nitrogens with zero attached hydrogens (tertiary/aromatic N) is 5. The molecule has 180 valence electrons. The highest BCUT2D eigenvalue weighted by molar-refractivity contribution is 8.07. The molecule has 2 aromatic heterocycles. The Morgan fingerprint density at radius 1 is 1.34 bits per heavy atom. The topological polar surface area (TPSA) is 173 Å². The van der Waals surface area contributed by atoms with Crippen molar-refractivity contribution in [3.05, 3.63) is 40.7 Å². The number of oxime groups is 1. The van der Waals surface area contributed by atoms with Crippen LogP contribution in [0.4, 0.5) is 5.13 Å². The number of rotatable bonds is 7. The average Bonchev–Trinajstić information content (AvgIpc) is 3.45. The second kappa shape index (κ2) is 9.44. The molecular formula is C19H15N7O5S4. The molecule has 5 rings (SSSR count). The SMILES string of the molecule is CO/N=C(/C(=O)NC1C(=O)N2C(C(=O)O)=C(Sc3nc4ccccc4s3)CSC12)c1nsc(N)n1. The number of hydrogen-bond donors (Lipinski definition) is 3. The van der Waals surface area contributed by atoms with Crippen molar-refractivity contribution in [1.82, 2.24) is 24.6 Å². The Balaban J connectivity index is 1.36. The molecule has 2 unspecified atom stereocenters. The second-order valence-electron chi connectivity index (χ2n) is 7.07. The first-order valence-corrected chi connectivity index (χ1v) is 13.3. The molecule has 1 fully saturated rings. The molecule has 2 aliphatic rings. The monoisotopic (exact) mass is 549 g/mol. The van der Waals surface area contributed by atoms with Crippen LogP contribution in [-0.2, 0) is 19.2 Å². The summed E-state index contributed by atoms with van der Waals surface area (Å²) in [7, 11) is 1.25. The number of nitrogens with one attached hydrogen (secondary N) is 1. The van der Waals surface area contributed by atoms with Crippen LogP contribution in [0.1, 0.15) is 5.82 Å². The van der Waals surface area contributed by atoms with Crippen molar-refractivity contribution < 1.29 is 24.3 Å². The van der Waals surface area contributed by atoms with Crippen LogP contribution in [0.15, 0.2) is 44.4 Å². The number of carbonyl (C=O) groups is 3. The van der Waals surface area contributed by atoms with E-state index in [9.17, 15) is 19.5 Å². The van der Waals surface area contributed by atoms with Gasteiger partial charge >= 0.3 is 5.97 Å². The fourth-order valence-corrected chi connectivity index (χ4v) is 7.63. The van der Waals surface area contributed by atoms with Crippen LogP contribution in [0.2, 0.25) is 0 Å². The highest BCUT2D eigenvalue weighted by atomic mass is 32.2. The zero-order chi connectivity index (χ0) is 24.7. The molecule has 12 nitrogen and oxygen atoms in total. The summed E-state index contributed by atoms with van der Waals surface area (Å²) in [6.45, 7) is 0. The quantitative estimate of drug-likeness (QED) is 0.222. The molecule has 2 amide bonds. The Kier molecular flexibility index (Phi) is 6.35. The molecule has 4 N–H and O–H groups in total. The van der Waals surface area contributed by atoms with Crippen LogP contribution in [-0.4, -0.2) is 72.1 Å². The minimum absolute atomic E-state index is 0.0348. The number of carbonyl (C=O) groups excluding carboxylic acids is 2. The van der Waals surface area contributed by atoms with Crippen molar-refractivity contribution in [1.29, 1.82) is 0 Å². The van der Waals surface area contributed by atoms with Crippen LogP contribution >= 0.6 is 46.4 Å². The second-order valence-corrected chi connectivity index (χ2v) is 11.3. The van der Waals surface area contributed by atoms with Crippen LogP contribution in [0.5, 0.6) is 0 Å².